The molecule has 10 rings (SSSR count). The van der Waals surface area contributed by atoms with Crippen molar-refractivity contribution in [2.45, 2.75) is 38.5 Å². The molecule has 0 atom stereocenters. The standard InChI is InChI=1S/C46H35NO/c1-45(2)37-15-9-7-13-31(37)33-20-18-28(25-39(33)45)42-41(24-23-36-35-21-17-27-11-5-6-12-30(27)43(35)48-44(36)42)47-29-19-22-34-32-14-8-10-16-38(32)46(3,4)40(34)26-29/h5-26,47H,1-4H3. The highest BCUT2D eigenvalue weighted by atomic mass is 16.3. The fourth-order valence-electron chi connectivity index (χ4n) is 8.76. The van der Waals surface area contributed by atoms with Crippen molar-refractivity contribution in [1.82, 2.24) is 0 Å². The fourth-order valence-corrected chi connectivity index (χ4v) is 8.76. The van der Waals surface area contributed by atoms with Crippen molar-refractivity contribution in [3.8, 4) is 33.4 Å². The zero-order chi connectivity index (χ0) is 32.4. The smallest absolute Gasteiger partial charge is 0.145 e. The van der Waals surface area contributed by atoms with E-state index in [4.69, 9.17) is 4.42 Å². The number of rotatable bonds is 3. The summed E-state index contributed by atoms with van der Waals surface area (Å²) in [5.41, 5.74) is 16.8. The van der Waals surface area contributed by atoms with Gasteiger partial charge in [-0.25, -0.2) is 0 Å². The number of nitrogens with one attached hydrogen (secondary N) is 1. The second kappa shape index (κ2) is 9.49. The van der Waals surface area contributed by atoms with Gasteiger partial charge in [0.25, 0.3) is 0 Å². The van der Waals surface area contributed by atoms with E-state index in [1.807, 2.05) is 0 Å². The van der Waals surface area contributed by atoms with Gasteiger partial charge in [0.05, 0.1) is 5.69 Å². The first-order chi connectivity index (χ1) is 23.3. The molecule has 8 aromatic rings. The Morgan fingerprint density at radius 3 is 1.79 bits per heavy atom. The molecule has 1 N–H and O–H groups in total. The van der Waals surface area contributed by atoms with Crippen LogP contribution in [0.2, 0.25) is 0 Å². The van der Waals surface area contributed by atoms with E-state index in [0.29, 0.717) is 0 Å². The van der Waals surface area contributed by atoms with Crippen molar-refractivity contribution in [3.63, 3.8) is 0 Å². The molecule has 2 aliphatic carbocycles. The Morgan fingerprint density at radius 2 is 1.04 bits per heavy atom. The van der Waals surface area contributed by atoms with Gasteiger partial charge in [-0.05, 0) is 91.9 Å². The Labute approximate surface area is 280 Å². The first-order valence-corrected chi connectivity index (χ1v) is 16.9. The average Bonchev–Trinajstić information content (AvgIpc) is 3.68. The normalized spacial score (nSPS) is 15.0. The Balaban J connectivity index is 1.20. The predicted octanol–water partition coefficient (Wildman–Crippen LogP) is 12.8. The molecule has 0 radical (unpaired) electrons. The van der Waals surface area contributed by atoms with E-state index in [1.165, 1.54) is 49.9 Å². The number of fused-ring (bicyclic) bond motifs is 11. The van der Waals surface area contributed by atoms with Gasteiger partial charge >= 0.3 is 0 Å². The maximum atomic E-state index is 6.97. The largest absolute Gasteiger partial charge is 0.455 e. The lowest BCUT2D eigenvalue weighted by atomic mass is 9.81. The van der Waals surface area contributed by atoms with Crippen LogP contribution in [0.3, 0.4) is 0 Å². The van der Waals surface area contributed by atoms with Crippen LogP contribution < -0.4 is 5.32 Å². The quantitative estimate of drug-likeness (QED) is 0.213. The summed E-state index contributed by atoms with van der Waals surface area (Å²) < 4.78 is 6.97. The van der Waals surface area contributed by atoms with Gasteiger partial charge in [0.1, 0.15) is 11.2 Å². The second-order valence-electron chi connectivity index (χ2n) is 14.6. The van der Waals surface area contributed by atoms with E-state index in [9.17, 15) is 0 Å². The third-order valence-corrected chi connectivity index (χ3v) is 11.3. The minimum atomic E-state index is -0.103. The Kier molecular flexibility index (Phi) is 5.44. The van der Waals surface area contributed by atoms with E-state index < -0.39 is 0 Å². The lowest BCUT2D eigenvalue weighted by Crippen LogP contribution is -2.15. The number of furan rings is 1. The van der Waals surface area contributed by atoms with Crippen LogP contribution >= 0.6 is 0 Å². The van der Waals surface area contributed by atoms with Gasteiger partial charge in [0.15, 0.2) is 0 Å². The van der Waals surface area contributed by atoms with E-state index in [0.717, 1.165) is 49.8 Å². The van der Waals surface area contributed by atoms with Crippen LogP contribution in [0, 0.1) is 0 Å². The summed E-state index contributed by atoms with van der Waals surface area (Å²) in [7, 11) is 0. The summed E-state index contributed by atoms with van der Waals surface area (Å²) in [6, 6.07) is 48.9. The van der Waals surface area contributed by atoms with Gasteiger partial charge in [-0.2, -0.15) is 0 Å². The molecule has 0 saturated heterocycles. The van der Waals surface area contributed by atoms with Crippen molar-refractivity contribution in [3.05, 3.63) is 156 Å². The van der Waals surface area contributed by atoms with E-state index in [1.54, 1.807) is 0 Å². The molecule has 0 unspecified atom stereocenters. The molecule has 48 heavy (non-hydrogen) atoms. The third kappa shape index (κ3) is 3.63. The zero-order valence-corrected chi connectivity index (χ0v) is 27.6. The van der Waals surface area contributed by atoms with Crippen LogP contribution in [0.25, 0.3) is 66.1 Å². The molecule has 7 aromatic carbocycles. The summed E-state index contributed by atoms with van der Waals surface area (Å²) >= 11 is 0. The molecule has 2 aliphatic rings. The second-order valence-corrected chi connectivity index (χ2v) is 14.6. The minimum absolute atomic E-state index is 0.0727. The summed E-state index contributed by atoms with van der Waals surface area (Å²) in [5, 5.41) is 8.47. The van der Waals surface area contributed by atoms with Crippen molar-refractivity contribution >= 4 is 44.1 Å². The third-order valence-electron chi connectivity index (χ3n) is 11.3. The highest BCUT2D eigenvalue weighted by Crippen LogP contribution is 2.52. The maximum absolute atomic E-state index is 6.97. The molecule has 1 heterocycles. The zero-order valence-electron chi connectivity index (χ0n) is 27.6. The van der Waals surface area contributed by atoms with Crippen molar-refractivity contribution in [2.75, 3.05) is 5.32 Å². The summed E-state index contributed by atoms with van der Waals surface area (Å²) in [4.78, 5) is 0. The first kappa shape index (κ1) is 27.5. The summed E-state index contributed by atoms with van der Waals surface area (Å²) in [5.74, 6) is 0. The molecular weight excluding hydrogens is 583 g/mol. The van der Waals surface area contributed by atoms with Crippen LogP contribution in [0.5, 0.6) is 0 Å². The number of benzene rings is 7. The van der Waals surface area contributed by atoms with Gasteiger partial charge < -0.3 is 9.73 Å². The van der Waals surface area contributed by atoms with Gasteiger partial charge in [0, 0.05) is 38.2 Å². The molecule has 230 valence electrons. The van der Waals surface area contributed by atoms with Crippen molar-refractivity contribution < 1.29 is 4.42 Å². The average molecular weight is 618 g/mol. The van der Waals surface area contributed by atoms with Crippen LogP contribution in [-0.4, -0.2) is 0 Å². The van der Waals surface area contributed by atoms with Gasteiger partial charge in [-0.15, -0.1) is 0 Å². The number of hydrogen-bond donors (Lipinski definition) is 1. The number of anilines is 2. The molecule has 0 spiro atoms. The Bertz CT molecular complexity index is 2650. The van der Waals surface area contributed by atoms with Crippen LogP contribution in [0.15, 0.2) is 138 Å². The topological polar surface area (TPSA) is 25.2 Å². The molecular formula is C46H35NO. The van der Waals surface area contributed by atoms with Gasteiger partial charge in [0.2, 0.25) is 0 Å². The predicted molar refractivity (Wildman–Crippen MR) is 202 cm³/mol. The molecule has 0 bridgehead atoms. The molecule has 0 saturated carbocycles. The Hall–Kier alpha value is -5.60. The number of hydrogen-bond acceptors (Lipinski definition) is 2. The Morgan fingerprint density at radius 1 is 0.458 bits per heavy atom. The van der Waals surface area contributed by atoms with Crippen LogP contribution in [0.1, 0.15) is 49.9 Å². The maximum Gasteiger partial charge on any atom is 0.145 e. The highest BCUT2D eigenvalue weighted by molar-refractivity contribution is 6.18. The van der Waals surface area contributed by atoms with Gasteiger partial charge in [-0.3, -0.25) is 0 Å². The molecule has 1 aromatic heterocycles. The van der Waals surface area contributed by atoms with Crippen LogP contribution in [-0.2, 0) is 10.8 Å². The monoisotopic (exact) mass is 617 g/mol. The first-order valence-electron chi connectivity index (χ1n) is 16.9. The van der Waals surface area contributed by atoms with E-state index >= 15 is 0 Å². The summed E-state index contributed by atoms with van der Waals surface area (Å²) in [6.45, 7) is 9.36. The fraction of sp³-hybridized carbons (Fsp3) is 0.130. The van der Waals surface area contributed by atoms with E-state index in [-0.39, 0.29) is 10.8 Å². The van der Waals surface area contributed by atoms with Crippen LogP contribution in [0.4, 0.5) is 11.4 Å². The molecule has 2 nitrogen and oxygen atoms in total. The lowest BCUT2D eigenvalue weighted by Gasteiger charge is -2.23. The molecule has 0 amide bonds. The van der Waals surface area contributed by atoms with Gasteiger partial charge in [-0.1, -0.05) is 125 Å². The highest BCUT2D eigenvalue weighted by Gasteiger charge is 2.37. The van der Waals surface area contributed by atoms with E-state index in [2.05, 4.69) is 166 Å². The molecule has 2 heteroatoms. The molecule has 0 fully saturated rings. The minimum Gasteiger partial charge on any atom is -0.455 e. The summed E-state index contributed by atoms with van der Waals surface area (Å²) in [6.07, 6.45) is 0. The molecule has 0 aliphatic heterocycles. The van der Waals surface area contributed by atoms with Crippen molar-refractivity contribution in [2.24, 2.45) is 0 Å². The van der Waals surface area contributed by atoms with Crippen molar-refractivity contribution in [1.29, 1.82) is 0 Å². The SMILES string of the molecule is CC1(C)c2ccccc2-c2ccc(Nc3ccc4c(oc5c6ccccc6ccc45)c3-c3ccc4c(c3)C(C)(C)c3ccccc3-4)cc21. The lowest BCUT2D eigenvalue weighted by molar-refractivity contribution is 0.660.